The molecular weight excluding hydrogens is 240 g/mol. The van der Waals surface area contributed by atoms with Crippen LogP contribution in [0.3, 0.4) is 0 Å². The standard InChI is InChI=1S/C8H5BF7/c10-6-3-1-5(2-4-6)7(8(11,12)13)9(14,15)16/h1-4,7H/q-1. The second-order valence-electron chi connectivity index (χ2n) is 3.20. The van der Waals surface area contributed by atoms with Crippen LogP contribution in [-0.2, 0) is 0 Å². The molecule has 8 heteroatoms. The van der Waals surface area contributed by atoms with Crippen molar-refractivity contribution in [2.24, 2.45) is 0 Å². The lowest BCUT2D eigenvalue weighted by Crippen LogP contribution is -2.38. The maximum Gasteiger partial charge on any atom is 0.494 e. The Kier molecular flexibility index (Phi) is 3.21. The number of halogens is 7. The lowest BCUT2D eigenvalue weighted by Gasteiger charge is -2.29. The molecule has 1 atom stereocenters. The molecule has 1 aromatic carbocycles. The maximum absolute atomic E-state index is 12.4. The SMILES string of the molecule is Fc1ccc(C([B-](F)(F)F)C(F)(F)F)cc1. The van der Waals surface area contributed by atoms with E-state index in [1.807, 2.05) is 0 Å². The summed E-state index contributed by atoms with van der Waals surface area (Å²) in [5.41, 5.74) is -0.999. The Labute approximate surface area is 86.1 Å². The molecule has 0 amide bonds. The van der Waals surface area contributed by atoms with Crippen molar-refractivity contribution in [2.75, 3.05) is 0 Å². The van der Waals surface area contributed by atoms with Crippen molar-refractivity contribution in [3.8, 4) is 0 Å². The van der Waals surface area contributed by atoms with Crippen molar-refractivity contribution in [1.29, 1.82) is 0 Å². The van der Waals surface area contributed by atoms with E-state index in [0.29, 0.717) is 24.3 Å². The van der Waals surface area contributed by atoms with Gasteiger partial charge in [-0.15, -0.1) is 0 Å². The molecular formula is C8H5BF7-. The number of rotatable bonds is 2. The zero-order valence-electron chi connectivity index (χ0n) is 7.61. The van der Waals surface area contributed by atoms with Gasteiger partial charge in [-0.3, -0.25) is 0 Å². The van der Waals surface area contributed by atoms with Crippen molar-refractivity contribution < 1.29 is 30.5 Å². The number of hydrogen-bond donors (Lipinski definition) is 0. The average molecular weight is 245 g/mol. The molecule has 1 aromatic rings. The van der Waals surface area contributed by atoms with Gasteiger partial charge in [-0.1, -0.05) is 17.7 Å². The van der Waals surface area contributed by atoms with Gasteiger partial charge in [0.25, 0.3) is 0 Å². The minimum atomic E-state index is -6.11. The lowest BCUT2D eigenvalue weighted by molar-refractivity contribution is -0.139. The highest BCUT2D eigenvalue weighted by atomic mass is 19.4. The quantitative estimate of drug-likeness (QED) is 0.548. The van der Waals surface area contributed by atoms with Crippen molar-refractivity contribution in [3.63, 3.8) is 0 Å². The van der Waals surface area contributed by atoms with Crippen LogP contribution in [0.4, 0.5) is 30.5 Å². The van der Waals surface area contributed by atoms with Gasteiger partial charge in [0.05, 0.1) is 0 Å². The molecule has 1 unspecified atom stereocenters. The molecule has 0 aliphatic rings. The number of benzene rings is 1. The Morgan fingerprint density at radius 3 is 1.69 bits per heavy atom. The first-order valence-corrected chi connectivity index (χ1v) is 4.14. The highest BCUT2D eigenvalue weighted by molar-refractivity contribution is 6.60. The molecule has 0 bridgehead atoms. The third-order valence-corrected chi connectivity index (χ3v) is 1.96. The van der Waals surface area contributed by atoms with E-state index in [4.69, 9.17) is 0 Å². The third-order valence-electron chi connectivity index (χ3n) is 1.96. The predicted molar refractivity (Wildman–Crippen MR) is 44.3 cm³/mol. The molecule has 0 saturated heterocycles. The zero-order valence-corrected chi connectivity index (χ0v) is 7.61. The Hall–Kier alpha value is -1.21. The number of hydrogen-bond acceptors (Lipinski definition) is 0. The largest absolute Gasteiger partial charge is 0.494 e. The van der Waals surface area contributed by atoms with E-state index in [-0.39, 0.29) is 0 Å². The van der Waals surface area contributed by atoms with E-state index in [9.17, 15) is 30.5 Å². The predicted octanol–water partition coefficient (Wildman–Crippen LogP) is 3.86. The first-order valence-electron chi connectivity index (χ1n) is 4.14. The Bertz CT molecular complexity index is 336. The first kappa shape index (κ1) is 12.9. The van der Waals surface area contributed by atoms with Crippen LogP contribution in [0.25, 0.3) is 0 Å². The van der Waals surface area contributed by atoms with Crippen LogP contribution in [0, 0.1) is 5.82 Å². The van der Waals surface area contributed by atoms with E-state index < -0.39 is 30.4 Å². The third kappa shape index (κ3) is 2.90. The van der Waals surface area contributed by atoms with Crippen molar-refractivity contribution >= 4 is 6.98 Å². The summed E-state index contributed by atoms with van der Waals surface area (Å²) in [6.07, 6.45) is -5.42. The molecule has 0 aromatic heterocycles. The van der Waals surface area contributed by atoms with Crippen LogP contribution in [0.2, 0.25) is 0 Å². The Morgan fingerprint density at radius 2 is 1.38 bits per heavy atom. The van der Waals surface area contributed by atoms with Gasteiger partial charge in [0.1, 0.15) is 5.82 Å². The van der Waals surface area contributed by atoms with Gasteiger partial charge in [0.2, 0.25) is 0 Å². The van der Waals surface area contributed by atoms with Gasteiger partial charge in [-0.05, 0) is 12.1 Å². The van der Waals surface area contributed by atoms with Gasteiger partial charge in [-0.25, -0.2) is 4.39 Å². The summed E-state index contributed by atoms with van der Waals surface area (Å²) in [5, 5.41) is 0. The molecule has 0 aliphatic carbocycles. The van der Waals surface area contributed by atoms with E-state index >= 15 is 0 Å². The molecule has 1 rings (SSSR count). The summed E-state index contributed by atoms with van der Waals surface area (Å²) in [5.74, 6) is -4.41. The summed E-state index contributed by atoms with van der Waals surface area (Å²) in [4.78, 5) is 0. The first-order chi connectivity index (χ1) is 7.12. The van der Waals surface area contributed by atoms with Crippen LogP contribution in [-0.4, -0.2) is 13.2 Å². The molecule has 16 heavy (non-hydrogen) atoms. The van der Waals surface area contributed by atoms with Gasteiger partial charge in [0.15, 0.2) is 0 Å². The van der Waals surface area contributed by atoms with E-state index in [1.54, 1.807) is 0 Å². The molecule has 0 fully saturated rings. The highest BCUT2D eigenvalue weighted by Crippen LogP contribution is 2.43. The fourth-order valence-electron chi connectivity index (χ4n) is 1.29. The lowest BCUT2D eigenvalue weighted by atomic mass is 9.68. The fourth-order valence-corrected chi connectivity index (χ4v) is 1.29. The van der Waals surface area contributed by atoms with E-state index in [1.165, 1.54) is 0 Å². The molecule has 0 nitrogen and oxygen atoms in total. The zero-order chi connectivity index (χ0) is 12.6. The van der Waals surface area contributed by atoms with Crippen molar-refractivity contribution in [1.82, 2.24) is 0 Å². The maximum atomic E-state index is 12.4. The van der Waals surface area contributed by atoms with Crippen molar-refractivity contribution in [2.45, 2.75) is 12.0 Å². The van der Waals surface area contributed by atoms with Gasteiger partial charge >= 0.3 is 13.2 Å². The smallest absolute Gasteiger partial charge is 0.448 e. The second-order valence-corrected chi connectivity index (χ2v) is 3.20. The minimum Gasteiger partial charge on any atom is -0.448 e. The van der Waals surface area contributed by atoms with Crippen LogP contribution < -0.4 is 0 Å². The molecule has 0 aliphatic heterocycles. The molecule has 0 radical (unpaired) electrons. The topological polar surface area (TPSA) is 0 Å². The summed E-state index contributed by atoms with van der Waals surface area (Å²) in [6, 6.07) is 2.11. The van der Waals surface area contributed by atoms with E-state index in [0.717, 1.165) is 0 Å². The van der Waals surface area contributed by atoms with E-state index in [2.05, 4.69) is 0 Å². The second kappa shape index (κ2) is 3.99. The molecule has 0 spiro atoms. The van der Waals surface area contributed by atoms with Gasteiger partial charge < -0.3 is 12.9 Å². The normalized spacial score (nSPS) is 14.9. The minimum absolute atomic E-state index is 0.489. The van der Waals surface area contributed by atoms with Crippen molar-refractivity contribution in [3.05, 3.63) is 35.6 Å². The highest BCUT2D eigenvalue weighted by Gasteiger charge is 2.52. The molecule has 0 N–H and O–H groups in total. The number of alkyl halides is 3. The molecule has 0 saturated carbocycles. The fraction of sp³-hybridized carbons (Fsp3) is 0.250. The van der Waals surface area contributed by atoms with Crippen LogP contribution in [0.15, 0.2) is 24.3 Å². The summed E-state index contributed by atoms with van der Waals surface area (Å²) < 4.78 is 85.8. The summed E-state index contributed by atoms with van der Waals surface area (Å²) in [6.45, 7) is -6.11. The van der Waals surface area contributed by atoms with Gasteiger partial charge in [0, 0.05) is 5.82 Å². The van der Waals surface area contributed by atoms with Gasteiger partial charge in [-0.2, -0.15) is 13.2 Å². The van der Waals surface area contributed by atoms with Crippen LogP contribution in [0.1, 0.15) is 11.4 Å². The monoisotopic (exact) mass is 245 g/mol. The average Bonchev–Trinajstić information content (AvgIpc) is 2.03. The Morgan fingerprint density at radius 1 is 0.938 bits per heavy atom. The Balaban J connectivity index is 3.18. The summed E-state index contributed by atoms with van der Waals surface area (Å²) >= 11 is 0. The summed E-state index contributed by atoms with van der Waals surface area (Å²) in [7, 11) is 0. The molecule has 90 valence electrons. The molecule has 0 heterocycles. The van der Waals surface area contributed by atoms with Crippen LogP contribution in [0.5, 0.6) is 0 Å². The van der Waals surface area contributed by atoms with Crippen LogP contribution >= 0.6 is 0 Å².